The number of nitrogens with two attached hydrogens (primary N) is 1. The van der Waals surface area contributed by atoms with E-state index >= 15 is 0 Å². The number of rotatable bonds is 3. The van der Waals surface area contributed by atoms with Crippen LogP contribution in [0.15, 0.2) is 0 Å². The zero-order valence-corrected chi connectivity index (χ0v) is 8.80. The fraction of sp³-hybridized carbons (Fsp3) is 0.625. The molecule has 0 radical (unpaired) electrons. The molecule has 5 heteroatoms. The average molecular weight is 204 g/mol. The number of hydrogen-bond donors (Lipinski definition) is 1. The molecule has 1 aromatic rings. The van der Waals surface area contributed by atoms with Crippen molar-refractivity contribution in [2.75, 3.05) is 6.61 Å². The number of nitrogens with zero attached hydrogens (tertiary/aromatic N) is 2. The largest absolute Gasteiger partial charge is 0.475 e. The normalized spacial score (nSPS) is 13.0. The summed E-state index contributed by atoms with van der Waals surface area (Å²) < 4.78 is 7.00. The van der Waals surface area contributed by atoms with Gasteiger partial charge in [-0.15, -0.1) is 0 Å². The summed E-state index contributed by atoms with van der Waals surface area (Å²) in [4.78, 5) is 0. The third-order valence-electron chi connectivity index (χ3n) is 1.58. The molecule has 1 atom stereocenters. The third kappa shape index (κ3) is 2.35. The first-order valence-corrected chi connectivity index (χ1v) is 4.47. The molecule has 0 aliphatic carbocycles. The van der Waals surface area contributed by atoms with Crippen molar-refractivity contribution < 1.29 is 4.74 Å². The highest BCUT2D eigenvalue weighted by molar-refractivity contribution is 6.32. The molecule has 1 aromatic heterocycles. The second-order valence-electron chi connectivity index (χ2n) is 3.12. The van der Waals surface area contributed by atoms with Gasteiger partial charge in [-0.2, -0.15) is 5.10 Å². The lowest BCUT2D eigenvalue weighted by atomic mass is 10.4. The van der Waals surface area contributed by atoms with Crippen LogP contribution in [-0.4, -0.2) is 22.4 Å². The van der Waals surface area contributed by atoms with Gasteiger partial charge >= 0.3 is 0 Å². The van der Waals surface area contributed by atoms with Crippen LogP contribution in [0.1, 0.15) is 12.6 Å². The van der Waals surface area contributed by atoms with E-state index in [0.29, 0.717) is 17.5 Å². The highest BCUT2D eigenvalue weighted by atomic mass is 35.5. The molecule has 0 saturated heterocycles. The topological polar surface area (TPSA) is 53.1 Å². The van der Waals surface area contributed by atoms with Gasteiger partial charge in [0.25, 0.3) is 0 Å². The number of ether oxygens (including phenoxy) is 1. The van der Waals surface area contributed by atoms with Crippen LogP contribution in [0.4, 0.5) is 0 Å². The minimum absolute atomic E-state index is 0.00808. The molecule has 13 heavy (non-hydrogen) atoms. The molecule has 0 aromatic carbocycles. The Kier molecular flexibility index (Phi) is 3.17. The van der Waals surface area contributed by atoms with E-state index in [1.165, 1.54) is 0 Å². The molecular formula is C8H14ClN3O. The fourth-order valence-electron chi connectivity index (χ4n) is 0.978. The van der Waals surface area contributed by atoms with Crippen molar-refractivity contribution in [3.05, 3.63) is 10.7 Å². The Morgan fingerprint density at radius 1 is 1.69 bits per heavy atom. The first-order valence-electron chi connectivity index (χ1n) is 4.10. The molecule has 0 amide bonds. The predicted molar refractivity (Wildman–Crippen MR) is 52.1 cm³/mol. The average Bonchev–Trinajstić information content (AvgIpc) is 2.24. The van der Waals surface area contributed by atoms with Crippen LogP contribution in [0.2, 0.25) is 5.02 Å². The van der Waals surface area contributed by atoms with Crippen LogP contribution < -0.4 is 10.5 Å². The Balaban J connectivity index is 2.76. The molecule has 1 rings (SSSR count). The molecule has 0 saturated carbocycles. The Bertz CT molecular complexity index is 296. The van der Waals surface area contributed by atoms with Gasteiger partial charge in [0.2, 0.25) is 5.88 Å². The summed E-state index contributed by atoms with van der Waals surface area (Å²) in [6.45, 7) is 4.15. The van der Waals surface area contributed by atoms with Crippen LogP contribution in [-0.2, 0) is 7.05 Å². The van der Waals surface area contributed by atoms with Crippen LogP contribution in [0, 0.1) is 6.92 Å². The van der Waals surface area contributed by atoms with Gasteiger partial charge in [-0.25, -0.2) is 4.68 Å². The van der Waals surface area contributed by atoms with E-state index < -0.39 is 0 Å². The van der Waals surface area contributed by atoms with Crippen molar-refractivity contribution in [3.63, 3.8) is 0 Å². The van der Waals surface area contributed by atoms with Crippen LogP contribution in [0.25, 0.3) is 0 Å². The quantitative estimate of drug-likeness (QED) is 0.801. The molecule has 0 spiro atoms. The van der Waals surface area contributed by atoms with Gasteiger partial charge in [-0.1, -0.05) is 11.6 Å². The molecule has 1 heterocycles. The minimum Gasteiger partial charge on any atom is -0.475 e. The fourth-order valence-corrected chi connectivity index (χ4v) is 1.19. The second-order valence-corrected chi connectivity index (χ2v) is 3.49. The molecule has 2 N–H and O–H groups in total. The summed E-state index contributed by atoms with van der Waals surface area (Å²) in [5, 5.41) is 4.67. The molecule has 0 aliphatic heterocycles. The maximum absolute atomic E-state index is 5.95. The minimum atomic E-state index is -0.00808. The van der Waals surface area contributed by atoms with Gasteiger partial charge in [0.05, 0.1) is 5.69 Å². The zero-order chi connectivity index (χ0) is 10.0. The van der Waals surface area contributed by atoms with Crippen molar-refractivity contribution in [1.82, 2.24) is 9.78 Å². The highest BCUT2D eigenvalue weighted by Gasteiger charge is 2.12. The van der Waals surface area contributed by atoms with E-state index in [1.807, 2.05) is 13.8 Å². The number of hydrogen-bond acceptors (Lipinski definition) is 3. The van der Waals surface area contributed by atoms with Gasteiger partial charge < -0.3 is 10.5 Å². The van der Waals surface area contributed by atoms with Gasteiger partial charge in [0.1, 0.15) is 11.6 Å². The molecule has 0 bridgehead atoms. The van der Waals surface area contributed by atoms with Crippen molar-refractivity contribution >= 4 is 11.6 Å². The third-order valence-corrected chi connectivity index (χ3v) is 2.02. The molecular weight excluding hydrogens is 190 g/mol. The number of aryl methyl sites for hydroxylation is 2. The smallest absolute Gasteiger partial charge is 0.231 e. The maximum atomic E-state index is 5.95. The summed E-state index contributed by atoms with van der Waals surface area (Å²) in [6.07, 6.45) is 0. The van der Waals surface area contributed by atoms with Crippen molar-refractivity contribution in [1.29, 1.82) is 0 Å². The van der Waals surface area contributed by atoms with E-state index in [4.69, 9.17) is 22.1 Å². The maximum Gasteiger partial charge on any atom is 0.231 e. The van der Waals surface area contributed by atoms with E-state index in [-0.39, 0.29) is 6.04 Å². The van der Waals surface area contributed by atoms with Crippen LogP contribution >= 0.6 is 11.6 Å². The van der Waals surface area contributed by atoms with Crippen LogP contribution in [0.3, 0.4) is 0 Å². The first-order chi connectivity index (χ1) is 6.02. The van der Waals surface area contributed by atoms with E-state index in [2.05, 4.69) is 5.10 Å². The Morgan fingerprint density at radius 2 is 2.31 bits per heavy atom. The molecule has 74 valence electrons. The van der Waals surface area contributed by atoms with Gasteiger partial charge in [0, 0.05) is 13.1 Å². The SMILES string of the molecule is Cc1nn(C)c(OCC(C)N)c1Cl. The number of aromatic nitrogens is 2. The Labute approximate surface area is 82.6 Å². The van der Waals surface area contributed by atoms with Crippen LogP contribution in [0.5, 0.6) is 5.88 Å². The van der Waals surface area contributed by atoms with E-state index in [9.17, 15) is 0 Å². The van der Waals surface area contributed by atoms with Gasteiger partial charge in [-0.05, 0) is 13.8 Å². The summed E-state index contributed by atoms with van der Waals surface area (Å²) in [6, 6.07) is -0.00808. The van der Waals surface area contributed by atoms with E-state index in [0.717, 1.165) is 5.69 Å². The summed E-state index contributed by atoms with van der Waals surface area (Å²) in [7, 11) is 1.79. The second kappa shape index (κ2) is 3.98. The van der Waals surface area contributed by atoms with Gasteiger partial charge in [-0.3, -0.25) is 0 Å². The Hall–Kier alpha value is -0.740. The monoisotopic (exact) mass is 203 g/mol. The summed E-state index contributed by atoms with van der Waals surface area (Å²) in [5.74, 6) is 0.580. The predicted octanol–water partition coefficient (Wildman–Crippen LogP) is 1.11. The lowest BCUT2D eigenvalue weighted by molar-refractivity contribution is 0.272. The Morgan fingerprint density at radius 3 is 2.69 bits per heavy atom. The lowest BCUT2D eigenvalue weighted by Crippen LogP contribution is -2.24. The molecule has 4 nitrogen and oxygen atoms in total. The molecule has 0 aliphatic rings. The summed E-state index contributed by atoms with van der Waals surface area (Å²) in [5.41, 5.74) is 6.32. The van der Waals surface area contributed by atoms with Gasteiger partial charge in [0.15, 0.2) is 0 Å². The molecule has 0 fully saturated rings. The zero-order valence-electron chi connectivity index (χ0n) is 8.04. The van der Waals surface area contributed by atoms with Crippen molar-refractivity contribution in [3.8, 4) is 5.88 Å². The summed E-state index contributed by atoms with van der Waals surface area (Å²) >= 11 is 5.95. The highest BCUT2D eigenvalue weighted by Crippen LogP contribution is 2.26. The number of halogens is 1. The van der Waals surface area contributed by atoms with E-state index in [1.54, 1.807) is 11.7 Å². The molecule has 1 unspecified atom stereocenters. The standard InChI is InChI=1S/C8H14ClN3O/c1-5(10)4-13-8-7(9)6(2)11-12(8)3/h5H,4,10H2,1-3H3. The lowest BCUT2D eigenvalue weighted by Gasteiger charge is -2.08. The van der Waals surface area contributed by atoms with Crippen molar-refractivity contribution in [2.45, 2.75) is 19.9 Å². The first kappa shape index (κ1) is 10.3. The van der Waals surface area contributed by atoms with Crippen molar-refractivity contribution in [2.24, 2.45) is 12.8 Å².